The van der Waals surface area contributed by atoms with Crippen molar-refractivity contribution in [3.05, 3.63) is 53.6 Å². The van der Waals surface area contributed by atoms with E-state index in [1.165, 1.54) is 23.1 Å². The molecule has 3 rings (SSSR count). The van der Waals surface area contributed by atoms with Crippen molar-refractivity contribution in [3.8, 4) is 0 Å². The molecule has 134 valence electrons. The van der Waals surface area contributed by atoms with E-state index in [0.717, 1.165) is 11.8 Å². The monoisotopic (exact) mass is 352 g/mol. The Kier molecular flexibility index (Phi) is 4.55. The summed E-state index contributed by atoms with van der Waals surface area (Å²) in [7, 11) is 1.84. The van der Waals surface area contributed by atoms with Gasteiger partial charge in [-0.3, -0.25) is 4.79 Å². The van der Waals surface area contributed by atoms with Crippen molar-refractivity contribution < 1.29 is 18.0 Å². The van der Waals surface area contributed by atoms with Crippen molar-refractivity contribution in [2.45, 2.75) is 24.6 Å². The van der Waals surface area contributed by atoms with E-state index in [9.17, 15) is 18.0 Å². The minimum absolute atomic E-state index is 0.0187. The molecule has 1 aliphatic rings. The maximum Gasteiger partial charge on any atom is 0.416 e. The van der Waals surface area contributed by atoms with Crippen LogP contribution in [0.5, 0.6) is 0 Å². The number of nitrogens with zero attached hydrogens (tertiary/aromatic N) is 3. The number of aryl methyl sites for hydroxylation is 1. The predicted molar refractivity (Wildman–Crippen MR) is 85.7 cm³/mol. The largest absolute Gasteiger partial charge is 0.416 e. The Labute approximate surface area is 143 Å². The first-order valence-electron chi connectivity index (χ1n) is 7.92. The van der Waals surface area contributed by atoms with E-state index in [4.69, 9.17) is 5.73 Å². The van der Waals surface area contributed by atoms with Crippen LogP contribution in [-0.2, 0) is 24.4 Å². The number of likely N-dealkylation sites (tertiary alicyclic amines) is 1. The van der Waals surface area contributed by atoms with E-state index in [1.807, 2.05) is 13.2 Å². The van der Waals surface area contributed by atoms with E-state index < -0.39 is 11.7 Å². The Bertz CT molecular complexity index is 771. The van der Waals surface area contributed by atoms with E-state index >= 15 is 0 Å². The normalized spacial score (nSPS) is 20.9. The molecule has 2 N–H and O–H groups in total. The summed E-state index contributed by atoms with van der Waals surface area (Å²) in [6.45, 7) is 0.680. The van der Waals surface area contributed by atoms with E-state index in [2.05, 4.69) is 4.98 Å². The smallest absolute Gasteiger partial charge is 0.340 e. The van der Waals surface area contributed by atoms with Crippen LogP contribution in [0.15, 0.2) is 36.8 Å². The molecule has 0 saturated carbocycles. The number of carbonyl (C=O) groups excluding carboxylic acids is 1. The van der Waals surface area contributed by atoms with Crippen LogP contribution < -0.4 is 5.73 Å². The van der Waals surface area contributed by atoms with Crippen molar-refractivity contribution in [1.29, 1.82) is 0 Å². The quantitative estimate of drug-likeness (QED) is 0.918. The number of imidazole rings is 1. The third-order valence-electron chi connectivity index (χ3n) is 4.49. The number of carbonyl (C=O) groups is 1. The fourth-order valence-corrected chi connectivity index (χ4v) is 3.20. The molecule has 1 aromatic carbocycles. The number of benzene rings is 1. The third-order valence-corrected chi connectivity index (χ3v) is 4.49. The molecule has 0 aliphatic carbocycles. The van der Waals surface area contributed by atoms with Gasteiger partial charge in [0.1, 0.15) is 0 Å². The highest BCUT2D eigenvalue weighted by molar-refractivity contribution is 5.79. The number of amides is 1. The molecule has 0 bridgehead atoms. The summed E-state index contributed by atoms with van der Waals surface area (Å²) in [5.41, 5.74) is 6.12. The first-order chi connectivity index (χ1) is 11.8. The number of nitrogens with two attached hydrogens (primary N) is 1. The molecule has 1 saturated heterocycles. The molecule has 2 aromatic rings. The third kappa shape index (κ3) is 3.68. The van der Waals surface area contributed by atoms with Gasteiger partial charge in [-0.25, -0.2) is 4.98 Å². The van der Waals surface area contributed by atoms with Gasteiger partial charge < -0.3 is 15.2 Å². The molecule has 8 heteroatoms. The zero-order chi connectivity index (χ0) is 18.2. The van der Waals surface area contributed by atoms with Crippen molar-refractivity contribution in [2.24, 2.45) is 12.8 Å². The van der Waals surface area contributed by atoms with Crippen LogP contribution in [0.4, 0.5) is 13.2 Å². The molecule has 2 heterocycles. The van der Waals surface area contributed by atoms with Crippen molar-refractivity contribution in [2.75, 3.05) is 13.1 Å². The molecule has 1 fully saturated rings. The van der Waals surface area contributed by atoms with Gasteiger partial charge in [-0.15, -0.1) is 0 Å². The summed E-state index contributed by atoms with van der Waals surface area (Å²) in [6, 6.07) is 4.88. The molecule has 5 nitrogen and oxygen atoms in total. The highest BCUT2D eigenvalue weighted by atomic mass is 19.4. The summed E-state index contributed by atoms with van der Waals surface area (Å²) in [6.07, 6.45) is -1.27. The Morgan fingerprint density at radius 1 is 1.32 bits per heavy atom. The zero-order valence-electron chi connectivity index (χ0n) is 13.7. The second-order valence-electron chi connectivity index (χ2n) is 6.36. The summed E-state index contributed by atoms with van der Waals surface area (Å²) < 4.78 is 41.0. The number of halogens is 3. The minimum atomic E-state index is -4.48. The van der Waals surface area contributed by atoms with Gasteiger partial charge in [-0.2, -0.15) is 13.2 Å². The lowest BCUT2D eigenvalue weighted by Crippen LogP contribution is -2.33. The van der Waals surface area contributed by atoms with Gasteiger partial charge in [0.2, 0.25) is 5.91 Å². The van der Waals surface area contributed by atoms with Crippen molar-refractivity contribution in [1.82, 2.24) is 14.5 Å². The van der Waals surface area contributed by atoms with Crippen LogP contribution in [-0.4, -0.2) is 39.5 Å². The van der Waals surface area contributed by atoms with Crippen LogP contribution in [0.25, 0.3) is 0 Å². The molecule has 1 aliphatic heterocycles. The highest BCUT2D eigenvalue weighted by Crippen LogP contribution is 2.32. The Morgan fingerprint density at radius 2 is 2.04 bits per heavy atom. The summed E-state index contributed by atoms with van der Waals surface area (Å²) in [5.74, 6) is -0.464. The van der Waals surface area contributed by atoms with Gasteiger partial charge in [-0.05, 0) is 11.6 Å². The Hall–Kier alpha value is -2.35. The average Bonchev–Trinajstić information content (AvgIpc) is 3.12. The molecule has 0 radical (unpaired) electrons. The minimum Gasteiger partial charge on any atom is -0.340 e. The number of hydrogen-bond acceptors (Lipinski definition) is 3. The molecule has 1 aromatic heterocycles. The molecular formula is C17H19F3N4O. The van der Waals surface area contributed by atoms with Gasteiger partial charge in [0, 0.05) is 38.3 Å². The second-order valence-corrected chi connectivity index (χ2v) is 6.36. The second kappa shape index (κ2) is 6.51. The first-order valence-corrected chi connectivity index (χ1v) is 7.92. The number of aromatic nitrogens is 2. The summed E-state index contributed by atoms with van der Waals surface area (Å²) >= 11 is 0. The van der Waals surface area contributed by atoms with E-state index in [-0.39, 0.29) is 29.9 Å². The van der Waals surface area contributed by atoms with Crippen molar-refractivity contribution in [3.63, 3.8) is 0 Å². The maximum absolute atomic E-state index is 13.1. The lowest BCUT2D eigenvalue weighted by molar-refractivity contribution is -0.138. The van der Waals surface area contributed by atoms with Gasteiger partial charge >= 0.3 is 6.18 Å². The van der Waals surface area contributed by atoms with Crippen LogP contribution in [0.1, 0.15) is 22.7 Å². The fraction of sp³-hybridized carbons (Fsp3) is 0.412. The summed E-state index contributed by atoms with van der Waals surface area (Å²) in [4.78, 5) is 18.3. The number of rotatable bonds is 3. The molecule has 2 atom stereocenters. The van der Waals surface area contributed by atoms with E-state index in [1.54, 1.807) is 10.9 Å². The topological polar surface area (TPSA) is 64.2 Å². The maximum atomic E-state index is 13.1. The average molecular weight is 352 g/mol. The SMILES string of the molecule is Cn1cnc([C@@H]2CN(C(=O)Cc3ccccc3C(F)(F)F)C[C@H]2N)c1. The standard InChI is InChI=1S/C17H19F3N4O/c1-23-9-15(22-10-23)12-7-24(8-14(12)21)16(25)6-11-4-2-3-5-13(11)17(18,19)20/h2-5,9-10,12,14H,6-8,21H2,1H3/t12-,14-/m1/s1. The molecule has 0 unspecified atom stereocenters. The predicted octanol–water partition coefficient (Wildman–Crippen LogP) is 1.93. The van der Waals surface area contributed by atoms with Gasteiger partial charge in [-0.1, -0.05) is 18.2 Å². The van der Waals surface area contributed by atoms with Gasteiger partial charge in [0.15, 0.2) is 0 Å². The lowest BCUT2D eigenvalue weighted by Gasteiger charge is -2.18. The van der Waals surface area contributed by atoms with Gasteiger partial charge in [0.05, 0.1) is 24.0 Å². The lowest BCUT2D eigenvalue weighted by atomic mass is 10.0. The highest BCUT2D eigenvalue weighted by Gasteiger charge is 2.37. The van der Waals surface area contributed by atoms with Crippen LogP contribution in [0.2, 0.25) is 0 Å². The van der Waals surface area contributed by atoms with E-state index in [0.29, 0.717) is 13.1 Å². The zero-order valence-corrected chi connectivity index (χ0v) is 13.7. The van der Waals surface area contributed by atoms with Crippen LogP contribution >= 0.6 is 0 Å². The number of hydrogen-bond donors (Lipinski definition) is 1. The fourth-order valence-electron chi connectivity index (χ4n) is 3.20. The number of alkyl halides is 3. The molecule has 1 amide bonds. The Balaban J connectivity index is 1.73. The molecule has 0 spiro atoms. The Morgan fingerprint density at radius 3 is 2.68 bits per heavy atom. The molecular weight excluding hydrogens is 333 g/mol. The van der Waals surface area contributed by atoms with Gasteiger partial charge in [0.25, 0.3) is 0 Å². The van der Waals surface area contributed by atoms with Crippen LogP contribution in [0.3, 0.4) is 0 Å². The van der Waals surface area contributed by atoms with Crippen molar-refractivity contribution >= 4 is 5.91 Å². The first kappa shape index (κ1) is 17.5. The molecule has 25 heavy (non-hydrogen) atoms. The van der Waals surface area contributed by atoms with Crippen LogP contribution in [0, 0.1) is 0 Å². The summed E-state index contributed by atoms with van der Waals surface area (Å²) in [5, 5.41) is 0.